The third-order valence-electron chi connectivity index (χ3n) is 2.47. The third-order valence-corrected chi connectivity index (χ3v) is 3.65. The van der Waals surface area contributed by atoms with Crippen molar-refractivity contribution in [3.05, 3.63) is 17.7 Å². The van der Waals surface area contributed by atoms with E-state index in [2.05, 4.69) is 0 Å². The average Bonchev–Trinajstić information content (AvgIpc) is 2.60. The molecule has 0 radical (unpaired) electrons. The number of sulfone groups is 1. The summed E-state index contributed by atoms with van der Waals surface area (Å²) in [7, 11) is -3.35. The van der Waals surface area contributed by atoms with Gasteiger partial charge in [0, 0.05) is 12.3 Å². The van der Waals surface area contributed by atoms with Gasteiger partial charge in [-0.1, -0.05) is 0 Å². The van der Waals surface area contributed by atoms with Crippen LogP contribution in [0.4, 0.5) is 0 Å². The molecule has 0 fully saturated rings. The predicted octanol–water partition coefficient (Wildman–Crippen LogP) is 0.742. The van der Waals surface area contributed by atoms with Gasteiger partial charge in [-0.15, -0.1) is 0 Å². The highest BCUT2D eigenvalue weighted by Crippen LogP contribution is 2.36. The van der Waals surface area contributed by atoms with E-state index in [1.54, 1.807) is 13.0 Å². The van der Waals surface area contributed by atoms with Gasteiger partial charge in [0.1, 0.15) is 0 Å². The molecule has 1 unspecified atom stereocenters. The Balaban J connectivity index is 2.55. The van der Waals surface area contributed by atoms with Crippen LogP contribution in [0.3, 0.4) is 0 Å². The van der Waals surface area contributed by atoms with Gasteiger partial charge in [0.25, 0.3) is 0 Å². The minimum atomic E-state index is -3.35. The monoisotopic (exact) mass is 258 g/mol. The van der Waals surface area contributed by atoms with Crippen LogP contribution in [0.1, 0.15) is 12.5 Å². The van der Waals surface area contributed by atoms with Crippen LogP contribution in [0.5, 0.6) is 11.5 Å². The minimum Gasteiger partial charge on any atom is -0.454 e. The predicted molar refractivity (Wildman–Crippen MR) is 61.1 cm³/mol. The molecular weight excluding hydrogens is 244 g/mol. The summed E-state index contributed by atoms with van der Waals surface area (Å²) < 4.78 is 33.6. The molecule has 1 N–H and O–H groups in total. The lowest BCUT2D eigenvalue weighted by Crippen LogP contribution is -2.09. The highest BCUT2D eigenvalue weighted by Gasteiger charge is 2.22. The maximum Gasteiger partial charge on any atom is 0.231 e. The van der Waals surface area contributed by atoms with E-state index in [0.717, 1.165) is 6.26 Å². The van der Waals surface area contributed by atoms with Crippen molar-refractivity contribution >= 4 is 9.84 Å². The molecule has 1 aliphatic rings. The Kier molecular flexibility index (Phi) is 3.01. The van der Waals surface area contributed by atoms with E-state index >= 15 is 0 Å². The van der Waals surface area contributed by atoms with Gasteiger partial charge < -0.3 is 14.6 Å². The van der Waals surface area contributed by atoms with Crippen molar-refractivity contribution in [2.45, 2.75) is 24.3 Å². The Morgan fingerprint density at radius 3 is 2.47 bits per heavy atom. The SMILES string of the molecule is CC(O)Cc1cc2c(cc1S(C)(=O)=O)OCO2. The summed E-state index contributed by atoms with van der Waals surface area (Å²) >= 11 is 0. The summed E-state index contributed by atoms with van der Waals surface area (Å²) in [6.45, 7) is 1.70. The van der Waals surface area contributed by atoms with Gasteiger partial charge in [-0.25, -0.2) is 8.42 Å². The standard InChI is InChI=1S/C11H14O5S/c1-7(12)3-8-4-9-10(16-6-15-9)5-11(8)17(2,13)14/h4-5,7,12H,3,6H2,1-2H3. The summed E-state index contributed by atoms with van der Waals surface area (Å²) in [5.74, 6) is 0.952. The summed E-state index contributed by atoms with van der Waals surface area (Å²) in [5, 5.41) is 9.38. The van der Waals surface area contributed by atoms with Gasteiger partial charge >= 0.3 is 0 Å². The molecule has 0 saturated heterocycles. The Hall–Kier alpha value is -1.27. The molecule has 17 heavy (non-hydrogen) atoms. The van der Waals surface area contributed by atoms with Crippen molar-refractivity contribution < 1.29 is 23.0 Å². The number of aliphatic hydroxyl groups excluding tert-OH is 1. The first kappa shape index (κ1) is 12.2. The summed E-state index contributed by atoms with van der Waals surface area (Å²) in [5.41, 5.74) is 0.548. The van der Waals surface area contributed by atoms with Crippen molar-refractivity contribution in [1.29, 1.82) is 0 Å². The molecule has 0 saturated carbocycles. The lowest BCUT2D eigenvalue weighted by Gasteiger charge is -2.11. The van der Waals surface area contributed by atoms with E-state index in [1.807, 2.05) is 0 Å². The first-order valence-electron chi connectivity index (χ1n) is 5.18. The Bertz CT molecular complexity index is 533. The molecule has 0 bridgehead atoms. The normalized spacial score (nSPS) is 15.9. The smallest absolute Gasteiger partial charge is 0.231 e. The molecule has 94 valence electrons. The molecule has 1 aromatic carbocycles. The quantitative estimate of drug-likeness (QED) is 0.865. The highest BCUT2D eigenvalue weighted by molar-refractivity contribution is 7.90. The summed E-state index contributed by atoms with van der Waals surface area (Å²) in [6.07, 6.45) is 0.783. The van der Waals surface area contributed by atoms with Crippen molar-refractivity contribution in [2.75, 3.05) is 13.0 Å². The largest absolute Gasteiger partial charge is 0.454 e. The maximum atomic E-state index is 11.7. The number of aliphatic hydroxyl groups is 1. The molecular formula is C11H14O5S. The van der Waals surface area contributed by atoms with E-state index < -0.39 is 15.9 Å². The molecule has 1 atom stereocenters. The van der Waals surface area contributed by atoms with Crippen molar-refractivity contribution in [3.8, 4) is 11.5 Å². The maximum absolute atomic E-state index is 11.7. The van der Waals surface area contributed by atoms with Crippen LogP contribution in [-0.2, 0) is 16.3 Å². The Morgan fingerprint density at radius 1 is 1.35 bits per heavy atom. The number of benzene rings is 1. The van der Waals surface area contributed by atoms with Gasteiger partial charge in [0.05, 0.1) is 11.0 Å². The Morgan fingerprint density at radius 2 is 1.94 bits per heavy atom. The number of hydrogen-bond donors (Lipinski definition) is 1. The Labute approximate surface area is 99.9 Å². The number of hydrogen-bond acceptors (Lipinski definition) is 5. The highest BCUT2D eigenvalue weighted by atomic mass is 32.2. The van der Waals surface area contributed by atoms with Crippen molar-refractivity contribution in [2.24, 2.45) is 0 Å². The molecule has 0 amide bonds. The van der Waals surface area contributed by atoms with Crippen molar-refractivity contribution in [3.63, 3.8) is 0 Å². The number of ether oxygens (including phenoxy) is 2. The van der Waals surface area contributed by atoms with Crippen LogP contribution in [0, 0.1) is 0 Å². The molecule has 1 heterocycles. The number of rotatable bonds is 3. The second-order valence-corrected chi connectivity index (χ2v) is 6.12. The lowest BCUT2D eigenvalue weighted by atomic mass is 10.1. The zero-order chi connectivity index (χ0) is 12.6. The molecule has 1 aliphatic heterocycles. The van der Waals surface area contributed by atoms with Crippen LogP contribution in [0.15, 0.2) is 17.0 Å². The van der Waals surface area contributed by atoms with Crippen LogP contribution >= 0.6 is 0 Å². The molecule has 6 heteroatoms. The molecule has 0 aromatic heterocycles. The first-order valence-corrected chi connectivity index (χ1v) is 7.07. The minimum absolute atomic E-state index is 0.0939. The fourth-order valence-corrected chi connectivity index (χ4v) is 2.73. The van der Waals surface area contributed by atoms with E-state index in [9.17, 15) is 13.5 Å². The van der Waals surface area contributed by atoms with E-state index in [-0.39, 0.29) is 18.1 Å². The lowest BCUT2D eigenvalue weighted by molar-refractivity contribution is 0.173. The second kappa shape index (κ2) is 4.19. The van der Waals surface area contributed by atoms with Gasteiger partial charge in [0.2, 0.25) is 6.79 Å². The van der Waals surface area contributed by atoms with Gasteiger partial charge in [-0.3, -0.25) is 0 Å². The van der Waals surface area contributed by atoms with Crippen LogP contribution < -0.4 is 9.47 Å². The zero-order valence-electron chi connectivity index (χ0n) is 9.63. The molecule has 0 aliphatic carbocycles. The molecule has 1 aromatic rings. The summed E-state index contributed by atoms with van der Waals surface area (Å²) in [6, 6.07) is 3.07. The zero-order valence-corrected chi connectivity index (χ0v) is 10.5. The van der Waals surface area contributed by atoms with Crippen LogP contribution in [0.2, 0.25) is 0 Å². The fraction of sp³-hybridized carbons (Fsp3) is 0.455. The van der Waals surface area contributed by atoms with E-state index in [0.29, 0.717) is 17.1 Å². The van der Waals surface area contributed by atoms with Crippen LogP contribution in [0.25, 0.3) is 0 Å². The van der Waals surface area contributed by atoms with Gasteiger partial charge in [-0.2, -0.15) is 0 Å². The second-order valence-electron chi connectivity index (χ2n) is 4.14. The van der Waals surface area contributed by atoms with Crippen LogP contribution in [-0.4, -0.2) is 32.7 Å². The van der Waals surface area contributed by atoms with Crippen molar-refractivity contribution in [1.82, 2.24) is 0 Å². The first-order chi connectivity index (χ1) is 7.88. The van der Waals surface area contributed by atoms with E-state index in [4.69, 9.17) is 9.47 Å². The average molecular weight is 258 g/mol. The molecule has 5 nitrogen and oxygen atoms in total. The molecule has 2 rings (SSSR count). The molecule has 0 spiro atoms. The summed E-state index contributed by atoms with van der Waals surface area (Å²) in [4.78, 5) is 0.183. The van der Waals surface area contributed by atoms with Gasteiger partial charge in [0.15, 0.2) is 21.3 Å². The number of fused-ring (bicyclic) bond motifs is 1. The van der Waals surface area contributed by atoms with Gasteiger partial charge in [-0.05, 0) is 25.0 Å². The topological polar surface area (TPSA) is 72.8 Å². The fourth-order valence-electron chi connectivity index (χ4n) is 1.79. The van der Waals surface area contributed by atoms with E-state index in [1.165, 1.54) is 6.07 Å². The third kappa shape index (κ3) is 2.53.